The van der Waals surface area contributed by atoms with Gasteiger partial charge in [-0.05, 0) is 87.7 Å². The molecule has 0 aromatic heterocycles. The van der Waals surface area contributed by atoms with Crippen molar-refractivity contribution >= 4 is 33.2 Å². The van der Waals surface area contributed by atoms with Gasteiger partial charge < -0.3 is 10.2 Å². The van der Waals surface area contributed by atoms with Crippen molar-refractivity contribution in [3.05, 3.63) is 90.0 Å². The Morgan fingerprint density at radius 3 is 2.06 bits per heavy atom. The molecule has 188 valence electrons. The molecule has 36 heavy (non-hydrogen) atoms. The molecule has 4 rings (SSSR count). The fraction of sp³-hybridized carbons (Fsp3) is 0.286. The van der Waals surface area contributed by atoms with Gasteiger partial charge in [0, 0.05) is 28.5 Å². The predicted octanol–water partition coefficient (Wildman–Crippen LogP) is 4.75. The molecule has 2 N–H and O–H groups in total. The summed E-state index contributed by atoms with van der Waals surface area (Å²) in [5.74, 6) is -0.362. The molecule has 1 aliphatic carbocycles. The Morgan fingerprint density at radius 1 is 0.889 bits per heavy atom. The normalized spacial score (nSPS) is 13.8. The summed E-state index contributed by atoms with van der Waals surface area (Å²) in [5.41, 5.74) is 2.19. The van der Waals surface area contributed by atoms with E-state index in [1.165, 1.54) is 12.1 Å². The maximum absolute atomic E-state index is 13.3. The Kier molecular flexibility index (Phi) is 7.28. The highest BCUT2D eigenvalue weighted by Gasteiger charge is 2.29. The van der Waals surface area contributed by atoms with Gasteiger partial charge in [-0.3, -0.25) is 9.59 Å². The summed E-state index contributed by atoms with van der Waals surface area (Å²) in [7, 11) is -3.52. The predicted molar refractivity (Wildman–Crippen MR) is 142 cm³/mol. The molecule has 0 unspecified atom stereocenters. The highest BCUT2D eigenvalue weighted by Crippen LogP contribution is 2.26. The lowest BCUT2D eigenvalue weighted by molar-refractivity contribution is -0.115. The minimum Gasteiger partial charge on any atom is -0.326 e. The lowest BCUT2D eigenvalue weighted by Gasteiger charge is -2.36. The van der Waals surface area contributed by atoms with Gasteiger partial charge in [0.15, 0.2) is 0 Å². The average Bonchev–Trinajstić information content (AvgIpc) is 3.63. The fourth-order valence-corrected chi connectivity index (χ4v) is 5.18. The smallest absolute Gasteiger partial charge is 0.258 e. The molecular formula is C28H31N3O4S. The summed E-state index contributed by atoms with van der Waals surface area (Å²) >= 11 is 0. The van der Waals surface area contributed by atoms with Crippen molar-refractivity contribution < 1.29 is 18.0 Å². The van der Waals surface area contributed by atoms with Gasteiger partial charge in [0.1, 0.15) is 0 Å². The van der Waals surface area contributed by atoms with Crippen LogP contribution in [-0.2, 0) is 21.2 Å². The lowest BCUT2D eigenvalue weighted by Crippen LogP contribution is -2.46. The van der Waals surface area contributed by atoms with Crippen molar-refractivity contribution in [2.24, 2.45) is 0 Å². The topological polar surface area (TPSA) is 95.6 Å². The van der Waals surface area contributed by atoms with E-state index in [9.17, 15) is 18.0 Å². The Hall–Kier alpha value is -3.49. The van der Waals surface area contributed by atoms with E-state index in [1.54, 1.807) is 41.3 Å². The van der Waals surface area contributed by atoms with Crippen LogP contribution in [0.5, 0.6) is 0 Å². The van der Waals surface area contributed by atoms with Gasteiger partial charge in [-0.15, -0.1) is 0 Å². The summed E-state index contributed by atoms with van der Waals surface area (Å²) in [6.07, 6.45) is 1.84. The third-order valence-electron chi connectivity index (χ3n) is 5.80. The molecular weight excluding hydrogens is 474 g/mol. The number of carbonyl (C=O) groups excluding carboxylic acids is 2. The summed E-state index contributed by atoms with van der Waals surface area (Å²) in [6, 6.07) is 22.7. The summed E-state index contributed by atoms with van der Waals surface area (Å²) < 4.78 is 27.2. The Balaban J connectivity index is 1.39. The summed E-state index contributed by atoms with van der Waals surface area (Å²) in [4.78, 5) is 27.8. The zero-order valence-electron chi connectivity index (χ0n) is 20.7. The maximum atomic E-state index is 13.3. The van der Waals surface area contributed by atoms with Gasteiger partial charge in [0.25, 0.3) is 5.91 Å². The molecule has 0 saturated heterocycles. The molecule has 1 aliphatic rings. The van der Waals surface area contributed by atoms with Crippen LogP contribution < -0.4 is 14.9 Å². The highest BCUT2D eigenvalue weighted by atomic mass is 32.2. The van der Waals surface area contributed by atoms with Crippen LogP contribution in [-0.4, -0.2) is 31.8 Å². The van der Waals surface area contributed by atoms with Crippen molar-refractivity contribution in [2.75, 3.05) is 10.2 Å². The van der Waals surface area contributed by atoms with Crippen LogP contribution in [0.3, 0.4) is 0 Å². The highest BCUT2D eigenvalue weighted by molar-refractivity contribution is 7.89. The van der Waals surface area contributed by atoms with E-state index in [4.69, 9.17) is 0 Å². The third kappa shape index (κ3) is 6.38. The van der Waals surface area contributed by atoms with Crippen molar-refractivity contribution in [3.8, 4) is 0 Å². The van der Waals surface area contributed by atoms with Crippen LogP contribution in [0.15, 0.2) is 83.8 Å². The van der Waals surface area contributed by atoms with E-state index >= 15 is 0 Å². The second-order valence-corrected chi connectivity index (χ2v) is 11.7. The number of carbonyl (C=O) groups is 2. The SMILES string of the molecule is CC(C)(C)N(C(=O)c1ccc(NC(=O)Cc2ccc(S(=O)(=O)NC3CC3)cc2)cc1)c1ccccc1. The van der Waals surface area contributed by atoms with Gasteiger partial charge in [0.2, 0.25) is 15.9 Å². The van der Waals surface area contributed by atoms with Crippen LogP contribution in [0, 0.1) is 0 Å². The number of nitrogens with one attached hydrogen (secondary N) is 2. The molecule has 2 amide bonds. The molecule has 1 fully saturated rings. The Morgan fingerprint density at radius 2 is 1.50 bits per heavy atom. The first kappa shape index (κ1) is 25.6. The molecule has 0 spiro atoms. The molecule has 0 bridgehead atoms. The summed E-state index contributed by atoms with van der Waals surface area (Å²) in [5, 5.41) is 2.83. The molecule has 8 heteroatoms. The van der Waals surface area contributed by atoms with E-state index in [0.29, 0.717) is 16.8 Å². The van der Waals surface area contributed by atoms with E-state index in [1.807, 2.05) is 51.1 Å². The number of nitrogens with zero attached hydrogens (tertiary/aromatic N) is 1. The number of sulfonamides is 1. The van der Waals surface area contributed by atoms with Crippen molar-refractivity contribution in [3.63, 3.8) is 0 Å². The van der Waals surface area contributed by atoms with Crippen LogP contribution in [0.25, 0.3) is 0 Å². The van der Waals surface area contributed by atoms with Crippen LogP contribution in [0.2, 0.25) is 0 Å². The second kappa shape index (κ2) is 10.2. The fourth-order valence-electron chi connectivity index (χ4n) is 3.88. The van der Waals surface area contributed by atoms with Gasteiger partial charge in [-0.1, -0.05) is 30.3 Å². The first-order valence-electron chi connectivity index (χ1n) is 11.9. The molecule has 0 radical (unpaired) electrons. The Bertz CT molecular complexity index is 1330. The number of hydrogen-bond acceptors (Lipinski definition) is 4. The zero-order chi connectivity index (χ0) is 25.9. The van der Waals surface area contributed by atoms with Crippen molar-refractivity contribution in [1.82, 2.24) is 4.72 Å². The molecule has 0 aliphatic heterocycles. The number of hydrogen-bond donors (Lipinski definition) is 2. The number of rotatable bonds is 8. The van der Waals surface area contributed by atoms with E-state index in [0.717, 1.165) is 18.5 Å². The van der Waals surface area contributed by atoms with Gasteiger partial charge in [-0.2, -0.15) is 0 Å². The average molecular weight is 506 g/mol. The van der Waals surface area contributed by atoms with Crippen LogP contribution >= 0.6 is 0 Å². The molecule has 0 atom stereocenters. The monoisotopic (exact) mass is 505 g/mol. The molecule has 3 aromatic rings. The Labute approximate surface area is 212 Å². The van der Waals surface area contributed by atoms with E-state index in [2.05, 4.69) is 10.0 Å². The van der Waals surface area contributed by atoms with E-state index in [-0.39, 0.29) is 29.2 Å². The standard InChI is InChI=1S/C28H31N3O4S/c1-28(2,3)31(24-7-5-4-6-8-24)27(33)21-11-13-22(14-12-21)29-26(32)19-20-9-17-25(18-10-20)36(34,35)30-23-15-16-23/h4-14,17-18,23,30H,15-16,19H2,1-3H3,(H,29,32). The first-order valence-corrected chi connectivity index (χ1v) is 13.4. The van der Waals surface area contributed by atoms with Gasteiger partial charge >= 0.3 is 0 Å². The number of para-hydroxylation sites is 1. The molecule has 3 aromatic carbocycles. The maximum Gasteiger partial charge on any atom is 0.258 e. The largest absolute Gasteiger partial charge is 0.326 e. The van der Waals surface area contributed by atoms with Crippen LogP contribution in [0.1, 0.15) is 49.5 Å². The second-order valence-electron chi connectivity index (χ2n) is 9.99. The number of benzene rings is 3. The quantitative estimate of drug-likeness (QED) is 0.462. The molecule has 1 saturated carbocycles. The number of anilines is 2. The van der Waals surface area contributed by atoms with Gasteiger partial charge in [-0.25, -0.2) is 13.1 Å². The first-order chi connectivity index (χ1) is 17.0. The molecule has 0 heterocycles. The third-order valence-corrected chi connectivity index (χ3v) is 7.34. The van der Waals surface area contributed by atoms with Gasteiger partial charge in [0.05, 0.1) is 11.3 Å². The molecule has 7 nitrogen and oxygen atoms in total. The lowest BCUT2D eigenvalue weighted by atomic mass is 10.0. The summed E-state index contributed by atoms with van der Waals surface area (Å²) in [6.45, 7) is 5.95. The zero-order valence-corrected chi connectivity index (χ0v) is 21.5. The minimum atomic E-state index is -3.52. The number of amides is 2. The minimum absolute atomic E-state index is 0.0389. The van der Waals surface area contributed by atoms with Crippen LogP contribution in [0.4, 0.5) is 11.4 Å². The van der Waals surface area contributed by atoms with Crippen molar-refractivity contribution in [2.45, 2.75) is 56.5 Å². The van der Waals surface area contributed by atoms with E-state index < -0.39 is 15.6 Å². The van der Waals surface area contributed by atoms with Crippen molar-refractivity contribution in [1.29, 1.82) is 0 Å².